The Morgan fingerprint density at radius 2 is 1.67 bits per heavy atom. The first-order valence-electron chi connectivity index (χ1n) is 9.32. The summed E-state index contributed by atoms with van der Waals surface area (Å²) in [6.07, 6.45) is 2.20. The Morgan fingerprint density at radius 1 is 1.04 bits per heavy atom. The molecule has 1 aliphatic heterocycles. The molecule has 0 spiro atoms. The number of hydrogen-bond donors (Lipinski definition) is 0. The van der Waals surface area contributed by atoms with E-state index in [0.29, 0.717) is 43.9 Å². The van der Waals surface area contributed by atoms with Crippen LogP contribution in [0.15, 0.2) is 34.7 Å². The van der Waals surface area contributed by atoms with E-state index in [1.165, 1.54) is 5.56 Å². The molecule has 6 heteroatoms. The van der Waals surface area contributed by atoms with Crippen molar-refractivity contribution in [2.24, 2.45) is 0 Å². The maximum atomic E-state index is 12.6. The SMILES string of the molecule is Cc1cc(C(=O)N2CCN(C(=O)CCCc3ccc(Cl)cc3)CC2)c(C)o1. The topological polar surface area (TPSA) is 53.8 Å². The fourth-order valence-electron chi connectivity index (χ4n) is 3.43. The van der Waals surface area contributed by atoms with Crippen LogP contribution in [0.1, 0.15) is 40.3 Å². The van der Waals surface area contributed by atoms with E-state index in [0.717, 1.165) is 23.6 Å². The molecule has 0 unspecified atom stereocenters. The maximum absolute atomic E-state index is 12.6. The van der Waals surface area contributed by atoms with Crippen LogP contribution in [0.2, 0.25) is 5.02 Å². The molecule has 27 heavy (non-hydrogen) atoms. The van der Waals surface area contributed by atoms with Gasteiger partial charge in [-0.05, 0) is 50.5 Å². The van der Waals surface area contributed by atoms with Gasteiger partial charge in [0, 0.05) is 37.6 Å². The molecule has 0 N–H and O–H groups in total. The number of amides is 2. The number of aryl methyl sites for hydroxylation is 3. The summed E-state index contributed by atoms with van der Waals surface area (Å²) in [5.41, 5.74) is 1.81. The van der Waals surface area contributed by atoms with Crippen molar-refractivity contribution in [3.8, 4) is 0 Å². The highest BCUT2D eigenvalue weighted by Gasteiger charge is 2.26. The van der Waals surface area contributed by atoms with E-state index in [1.807, 2.05) is 36.1 Å². The Balaban J connectivity index is 1.44. The molecular weight excluding hydrogens is 364 g/mol. The molecule has 2 heterocycles. The van der Waals surface area contributed by atoms with Crippen molar-refractivity contribution in [3.63, 3.8) is 0 Å². The van der Waals surface area contributed by atoms with E-state index >= 15 is 0 Å². The van der Waals surface area contributed by atoms with Crippen molar-refractivity contribution in [2.45, 2.75) is 33.1 Å². The minimum Gasteiger partial charge on any atom is -0.466 e. The molecule has 5 nitrogen and oxygen atoms in total. The third-order valence-corrected chi connectivity index (χ3v) is 5.21. The number of carbonyl (C=O) groups is 2. The van der Waals surface area contributed by atoms with Crippen LogP contribution in [-0.2, 0) is 11.2 Å². The summed E-state index contributed by atoms with van der Waals surface area (Å²) in [6, 6.07) is 9.52. The molecule has 1 aromatic heterocycles. The van der Waals surface area contributed by atoms with Gasteiger partial charge in [0.05, 0.1) is 5.56 Å². The monoisotopic (exact) mass is 388 g/mol. The molecule has 144 valence electrons. The minimum absolute atomic E-state index is 0.0146. The van der Waals surface area contributed by atoms with Crippen LogP contribution in [0.25, 0.3) is 0 Å². The highest BCUT2D eigenvalue weighted by Crippen LogP contribution is 2.18. The lowest BCUT2D eigenvalue weighted by molar-refractivity contribution is -0.132. The zero-order valence-electron chi connectivity index (χ0n) is 15.8. The smallest absolute Gasteiger partial charge is 0.257 e. The molecule has 2 amide bonds. The number of halogens is 1. The van der Waals surface area contributed by atoms with Crippen molar-refractivity contribution in [1.82, 2.24) is 9.80 Å². The molecule has 2 aromatic rings. The van der Waals surface area contributed by atoms with Crippen molar-refractivity contribution < 1.29 is 14.0 Å². The first kappa shape index (κ1) is 19.5. The number of furan rings is 1. The average molecular weight is 389 g/mol. The van der Waals surface area contributed by atoms with Crippen LogP contribution < -0.4 is 0 Å². The van der Waals surface area contributed by atoms with Gasteiger partial charge in [-0.1, -0.05) is 23.7 Å². The second kappa shape index (κ2) is 8.61. The molecule has 0 radical (unpaired) electrons. The summed E-state index contributed by atoms with van der Waals surface area (Å²) in [6.45, 7) is 5.94. The fraction of sp³-hybridized carbons (Fsp3) is 0.429. The standard InChI is InChI=1S/C21H25ClN2O3/c1-15-14-19(16(2)27-15)21(26)24-12-10-23(11-13-24)20(25)5-3-4-17-6-8-18(22)9-7-17/h6-9,14H,3-5,10-13H2,1-2H3. The van der Waals surface area contributed by atoms with Gasteiger partial charge in [-0.2, -0.15) is 0 Å². The van der Waals surface area contributed by atoms with Gasteiger partial charge >= 0.3 is 0 Å². The predicted octanol–water partition coefficient (Wildman–Crippen LogP) is 3.86. The Kier molecular flexibility index (Phi) is 6.22. The molecular formula is C21H25ClN2O3. The van der Waals surface area contributed by atoms with E-state index in [1.54, 1.807) is 17.9 Å². The molecule has 1 saturated heterocycles. The van der Waals surface area contributed by atoms with Crippen molar-refractivity contribution in [3.05, 3.63) is 58.0 Å². The molecule has 0 saturated carbocycles. The van der Waals surface area contributed by atoms with Crippen LogP contribution in [-0.4, -0.2) is 47.8 Å². The van der Waals surface area contributed by atoms with Gasteiger partial charge in [0.15, 0.2) is 0 Å². The summed E-state index contributed by atoms with van der Waals surface area (Å²) in [7, 11) is 0. The molecule has 1 aliphatic rings. The van der Waals surface area contributed by atoms with E-state index in [4.69, 9.17) is 16.0 Å². The summed E-state index contributed by atoms with van der Waals surface area (Å²) >= 11 is 5.89. The summed E-state index contributed by atoms with van der Waals surface area (Å²) < 4.78 is 5.45. The summed E-state index contributed by atoms with van der Waals surface area (Å²) in [4.78, 5) is 28.7. The molecule has 1 aromatic carbocycles. The van der Waals surface area contributed by atoms with Crippen LogP contribution in [0, 0.1) is 13.8 Å². The van der Waals surface area contributed by atoms with Gasteiger partial charge in [-0.25, -0.2) is 0 Å². The van der Waals surface area contributed by atoms with Gasteiger partial charge < -0.3 is 14.2 Å². The zero-order valence-corrected chi connectivity index (χ0v) is 16.6. The van der Waals surface area contributed by atoms with E-state index in [9.17, 15) is 9.59 Å². The van der Waals surface area contributed by atoms with Gasteiger partial charge in [-0.15, -0.1) is 0 Å². The van der Waals surface area contributed by atoms with Crippen LogP contribution in [0.5, 0.6) is 0 Å². The first-order valence-corrected chi connectivity index (χ1v) is 9.70. The number of nitrogens with zero attached hydrogens (tertiary/aromatic N) is 2. The van der Waals surface area contributed by atoms with Gasteiger partial charge in [-0.3, -0.25) is 9.59 Å². The highest BCUT2D eigenvalue weighted by atomic mass is 35.5. The van der Waals surface area contributed by atoms with Crippen LogP contribution in [0.4, 0.5) is 0 Å². The van der Waals surface area contributed by atoms with E-state index < -0.39 is 0 Å². The average Bonchev–Trinajstić information content (AvgIpc) is 3.01. The van der Waals surface area contributed by atoms with Gasteiger partial charge in [0.25, 0.3) is 5.91 Å². The van der Waals surface area contributed by atoms with E-state index in [-0.39, 0.29) is 11.8 Å². The third kappa shape index (κ3) is 4.92. The summed E-state index contributed by atoms with van der Waals surface area (Å²) in [5.74, 6) is 1.54. The Morgan fingerprint density at radius 3 is 2.26 bits per heavy atom. The van der Waals surface area contributed by atoms with Crippen LogP contribution in [0.3, 0.4) is 0 Å². The number of carbonyl (C=O) groups excluding carboxylic acids is 2. The second-order valence-corrected chi connectivity index (χ2v) is 7.42. The van der Waals surface area contributed by atoms with Crippen molar-refractivity contribution in [1.29, 1.82) is 0 Å². The lowest BCUT2D eigenvalue weighted by Crippen LogP contribution is -2.50. The van der Waals surface area contributed by atoms with Crippen LogP contribution >= 0.6 is 11.6 Å². The van der Waals surface area contributed by atoms with Gasteiger partial charge in [0.2, 0.25) is 5.91 Å². The molecule has 1 fully saturated rings. The maximum Gasteiger partial charge on any atom is 0.257 e. The Hall–Kier alpha value is -2.27. The molecule has 0 aliphatic carbocycles. The quantitative estimate of drug-likeness (QED) is 0.781. The molecule has 0 bridgehead atoms. The number of piperazine rings is 1. The first-order chi connectivity index (χ1) is 12.9. The normalized spacial score (nSPS) is 14.5. The third-order valence-electron chi connectivity index (χ3n) is 4.96. The Bertz CT molecular complexity index is 805. The lowest BCUT2D eigenvalue weighted by Gasteiger charge is -2.34. The fourth-order valence-corrected chi connectivity index (χ4v) is 3.55. The van der Waals surface area contributed by atoms with Crippen molar-refractivity contribution >= 4 is 23.4 Å². The number of rotatable bonds is 5. The van der Waals surface area contributed by atoms with E-state index in [2.05, 4.69) is 0 Å². The minimum atomic E-state index is -0.0146. The zero-order chi connectivity index (χ0) is 19.4. The highest BCUT2D eigenvalue weighted by molar-refractivity contribution is 6.30. The molecule has 3 rings (SSSR count). The Labute approximate surface area is 164 Å². The second-order valence-electron chi connectivity index (χ2n) is 6.98. The lowest BCUT2D eigenvalue weighted by atomic mass is 10.1. The number of hydrogen-bond acceptors (Lipinski definition) is 3. The predicted molar refractivity (Wildman–Crippen MR) is 105 cm³/mol. The molecule has 0 atom stereocenters. The van der Waals surface area contributed by atoms with Crippen molar-refractivity contribution in [2.75, 3.05) is 26.2 Å². The summed E-state index contributed by atoms with van der Waals surface area (Å²) in [5, 5.41) is 0.725. The number of benzene rings is 1. The van der Waals surface area contributed by atoms with Gasteiger partial charge in [0.1, 0.15) is 11.5 Å². The largest absolute Gasteiger partial charge is 0.466 e.